The summed E-state index contributed by atoms with van der Waals surface area (Å²) in [4.78, 5) is 26.5. The summed E-state index contributed by atoms with van der Waals surface area (Å²) in [7, 11) is 0. The fourth-order valence-electron chi connectivity index (χ4n) is 2.90. The maximum Gasteiger partial charge on any atom is 0.230 e. The van der Waals surface area contributed by atoms with Gasteiger partial charge in [0, 0.05) is 13.0 Å². The SMILES string of the molecule is CC(c1ccccc1)N1CC(C(=O)Nc2sccc2C#N)CC1=O. The second-order valence-electron chi connectivity index (χ2n) is 5.80. The molecule has 1 aromatic carbocycles. The van der Waals surface area contributed by atoms with E-state index in [9.17, 15) is 9.59 Å². The van der Waals surface area contributed by atoms with Crippen LogP contribution in [0.25, 0.3) is 0 Å². The summed E-state index contributed by atoms with van der Waals surface area (Å²) in [5.41, 5.74) is 1.50. The molecule has 0 bridgehead atoms. The Morgan fingerprint density at radius 1 is 1.38 bits per heavy atom. The third-order valence-electron chi connectivity index (χ3n) is 4.30. The van der Waals surface area contributed by atoms with E-state index < -0.39 is 5.92 Å². The fraction of sp³-hybridized carbons (Fsp3) is 0.278. The first-order chi connectivity index (χ1) is 11.6. The molecule has 0 saturated carbocycles. The highest BCUT2D eigenvalue weighted by molar-refractivity contribution is 7.14. The van der Waals surface area contributed by atoms with Crippen LogP contribution in [0.5, 0.6) is 0 Å². The van der Waals surface area contributed by atoms with Crippen molar-refractivity contribution in [3.05, 3.63) is 52.9 Å². The number of likely N-dealkylation sites (tertiary alicyclic amines) is 1. The number of benzene rings is 1. The number of hydrogen-bond acceptors (Lipinski definition) is 4. The van der Waals surface area contributed by atoms with E-state index in [0.717, 1.165) is 5.56 Å². The van der Waals surface area contributed by atoms with E-state index in [-0.39, 0.29) is 24.3 Å². The van der Waals surface area contributed by atoms with Crippen molar-refractivity contribution < 1.29 is 9.59 Å². The van der Waals surface area contributed by atoms with Gasteiger partial charge in [-0.3, -0.25) is 9.59 Å². The Labute approximate surface area is 144 Å². The average molecular weight is 339 g/mol. The van der Waals surface area contributed by atoms with Gasteiger partial charge >= 0.3 is 0 Å². The Morgan fingerprint density at radius 2 is 2.12 bits per heavy atom. The summed E-state index contributed by atoms with van der Waals surface area (Å²) < 4.78 is 0. The number of thiophene rings is 1. The van der Waals surface area contributed by atoms with Crippen molar-refractivity contribution in [1.29, 1.82) is 5.26 Å². The monoisotopic (exact) mass is 339 g/mol. The van der Waals surface area contributed by atoms with Gasteiger partial charge < -0.3 is 10.2 Å². The third kappa shape index (κ3) is 3.17. The molecule has 2 unspecified atom stereocenters. The number of anilines is 1. The van der Waals surface area contributed by atoms with Gasteiger partial charge in [0.15, 0.2) is 0 Å². The predicted octanol–water partition coefficient (Wildman–Crippen LogP) is 3.17. The van der Waals surface area contributed by atoms with Crippen molar-refractivity contribution in [2.24, 2.45) is 5.92 Å². The molecule has 5 nitrogen and oxygen atoms in total. The van der Waals surface area contributed by atoms with Gasteiger partial charge in [0.1, 0.15) is 11.1 Å². The van der Waals surface area contributed by atoms with Crippen molar-refractivity contribution in [1.82, 2.24) is 4.90 Å². The minimum atomic E-state index is -0.391. The summed E-state index contributed by atoms with van der Waals surface area (Å²) in [5, 5.41) is 14.1. The zero-order valence-corrected chi connectivity index (χ0v) is 14.0. The highest BCUT2D eigenvalue weighted by Crippen LogP contribution is 2.30. The molecule has 2 amide bonds. The van der Waals surface area contributed by atoms with Gasteiger partial charge in [-0.1, -0.05) is 30.3 Å². The maximum atomic E-state index is 12.4. The molecule has 3 rings (SSSR count). The molecule has 1 aromatic heterocycles. The van der Waals surface area contributed by atoms with Gasteiger partial charge in [0.2, 0.25) is 11.8 Å². The Balaban J connectivity index is 1.68. The normalized spacial score (nSPS) is 18.2. The molecule has 1 saturated heterocycles. The smallest absolute Gasteiger partial charge is 0.230 e. The second kappa shape index (κ2) is 6.85. The standard InChI is InChI=1S/C18H17N3O2S/c1-12(13-5-3-2-4-6-13)21-11-15(9-16(21)22)17(23)20-18-14(10-19)7-8-24-18/h2-8,12,15H,9,11H2,1H3,(H,20,23). The van der Waals surface area contributed by atoms with Crippen LogP contribution in [-0.4, -0.2) is 23.3 Å². The quantitative estimate of drug-likeness (QED) is 0.930. The van der Waals surface area contributed by atoms with Crippen LogP contribution in [0.15, 0.2) is 41.8 Å². The highest BCUT2D eigenvalue weighted by Gasteiger charge is 2.37. The van der Waals surface area contributed by atoms with Crippen molar-refractivity contribution in [2.75, 3.05) is 11.9 Å². The lowest BCUT2D eigenvalue weighted by Gasteiger charge is -2.25. The van der Waals surface area contributed by atoms with E-state index >= 15 is 0 Å². The molecule has 122 valence electrons. The zero-order valence-electron chi connectivity index (χ0n) is 13.2. The number of nitrogens with zero attached hydrogens (tertiary/aromatic N) is 2. The Morgan fingerprint density at radius 3 is 2.83 bits per heavy atom. The Bertz CT molecular complexity index is 794. The minimum Gasteiger partial charge on any atom is -0.335 e. The lowest BCUT2D eigenvalue weighted by Crippen LogP contribution is -2.30. The van der Waals surface area contributed by atoms with Gasteiger partial charge in [-0.25, -0.2) is 0 Å². The number of nitriles is 1. The Kier molecular flexibility index (Phi) is 4.63. The van der Waals surface area contributed by atoms with Gasteiger partial charge in [-0.2, -0.15) is 5.26 Å². The minimum absolute atomic E-state index is 0.0156. The molecular formula is C18H17N3O2S. The molecule has 2 heterocycles. The summed E-state index contributed by atoms with van der Waals surface area (Å²) >= 11 is 1.31. The summed E-state index contributed by atoms with van der Waals surface area (Å²) in [6, 6.07) is 13.4. The average Bonchev–Trinajstić information content (AvgIpc) is 3.21. The van der Waals surface area contributed by atoms with E-state index in [2.05, 4.69) is 5.32 Å². The number of nitrogens with one attached hydrogen (secondary N) is 1. The number of hydrogen-bond donors (Lipinski definition) is 1. The topological polar surface area (TPSA) is 73.2 Å². The predicted molar refractivity (Wildman–Crippen MR) is 92.3 cm³/mol. The fourth-order valence-corrected chi connectivity index (χ4v) is 3.64. The van der Waals surface area contributed by atoms with Gasteiger partial charge in [-0.05, 0) is 23.9 Å². The van der Waals surface area contributed by atoms with Gasteiger partial charge in [0.25, 0.3) is 0 Å². The molecule has 1 fully saturated rings. The lowest BCUT2D eigenvalue weighted by molar-refractivity contribution is -0.129. The molecule has 1 aliphatic heterocycles. The number of rotatable bonds is 4. The van der Waals surface area contributed by atoms with E-state index in [1.807, 2.05) is 43.3 Å². The third-order valence-corrected chi connectivity index (χ3v) is 5.13. The van der Waals surface area contributed by atoms with Crippen LogP contribution in [0.2, 0.25) is 0 Å². The van der Waals surface area contributed by atoms with E-state index in [0.29, 0.717) is 17.1 Å². The molecule has 1 aliphatic rings. The van der Waals surface area contributed by atoms with E-state index in [1.165, 1.54) is 11.3 Å². The van der Waals surface area contributed by atoms with Crippen LogP contribution in [0, 0.1) is 17.2 Å². The zero-order chi connectivity index (χ0) is 17.1. The van der Waals surface area contributed by atoms with Crippen LogP contribution in [-0.2, 0) is 9.59 Å². The van der Waals surface area contributed by atoms with Crippen LogP contribution >= 0.6 is 11.3 Å². The van der Waals surface area contributed by atoms with Crippen LogP contribution in [0.4, 0.5) is 5.00 Å². The molecule has 2 aromatic rings. The maximum absolute atomic E-state index is 12.4. The van der Waals surface area contributed by atoms with Crippen LogP contribution in [0.3, 0.4) is 0 Å². The first-order valence-electron chi connectivity index (χ1n) is 7.73. The lowest BCUT2D eigenvalue weighted by atomic mass is 10.1. The summed E-state index contributed by atoms with van der Waals surface area (Å²) in [6.45, 7) is 2.37. The summed E-state index contributed by atoms with van der Waals surface area (Å²) in [6.07, 6.45) is 0.205. The Hall–Kier alpha value is -2.65. The van der Waals surface area contributed by atoms with Crippen molar-refractivity contribution in [3.8, 4) is 6.07 Å². The molecule has 0 spiro atoms. The van der Waals surface area contributed by atoms with E-state index in [4.69, 9.17) is 5.26 Å². The van der Waals surface area contributed by atoms with Gasteiger partial charge in [-0.15, -0.1) is 11.3 Å². The largest absolute Gasteiger partial charge is 0.335 e. The van der Waals surface area contributed by atoms with Gasteiger partial charge in [0.05, 0.1) is 17.5 Å². The molecule has 24 heavy (non-hydrogen) atoms. The summed E-state index contributed by atoms with van der Waals surface area (Å²) in [5.74, 6) is -0.611. The number of carbonyl (C=O) groups excluding carboxylic acids is 2. The molecule has 0 aliphatic carbocycles. The molecule has 2 atom stereocenters. The highest BCUT2D eigenvalue weighted by atomic mass is 32.1. The molecule has 6 heteroatoms. The first-order valence-corrected chi connectivity index (χ1v) is 8.61. The molecule has 1 N–H and O–H groups in total. The number of carbonyl (C=O) groups is 2. The molecule has 0 radical (unpaired) electrons. The van der Waals surface area contributed by atoms with Crippen molar-refractivity contribution >= 4 is 28.2 Å². The number of amides is 2. The van der Waals surface area contributed by atoms with Crippen LogP contribution < -0.4 is 5.32 Å². The van der Waals surface area contributed by atoms with E-state index in [1.54, 1.807) is 16.3 Å². The second-order valence-corrected chi connectivity index (χ2v) is 6.71. The first kappa shape index (κ1) is 16.2. The van der Waals surface area contributed by atoms with Crippen molar-refractivity contribution in [2.45, 2.75) is 19.4 Å². The van der Waals surface area contributed by atoms with Crippen LogP contribution in [0.1, 0.15) is 30.5 Å². The van der Waals surface area contributed by atoms with Crippen molar-refractivity contribution in [3.63, 3.8) is 0 Å². The molecular weight excluding hydrogens is 322 g/mol.